The highest BCUT2D eigenvalue weighted by atomic mass is 14.9. The molecule has 0 amide bonds. The van der Waals surface area contributed by atoms with E-state index in [9.17, 15) is 5.26 Å². The van der Waals surface area contributed by atoms with Gasteiger partial charge in [-0.05, 0) is 18.2 Å². The van der Waals surface area contributed by atoms with Crippen LogP contribution in [-0.2, 0) is 0 Å². The molecule has 0 aliphatic carbocycles. The number of para-hydroxylation sites is 1. The Labute approximate surface area is 323 Å². The Morgan fingerprint density at radius 1 is 0.375 bits per heavy atom. The van der Waals surface area contributed by atoms with Crippen molar-refractivity contribution < 1.29 is 0 Å². The zero-order chi connectivity index (χ0) is 37.4. The van der Waals surface area contributed by atoms with Gasteiger partial charge in [-0.2, -0.15) is 5.26 Å². The first kappa shape index (κ1) is 32.7. The van der Waals surface area contributed by atoms with Crippen LogP contribution in [0.1, 0.15) is 5.56 Å². The maximum atomic E-state index is 10.9. The summed E-state index contributed by atoms with van der Waals surface area (Å²) in [5.74, 6) is 0.620. The number of hydrogen-bond acceptors (Lipinski definition) is 6. The molecule has 10 rings (SSSR count). The summed E-state index contributed by atoms with van der Waals surface area (Å²) in [5, 5.41) is 13.4. The lowest BCUT2D eigenvalue weighted by Crippen LogP contribution is -2.01. The summed E-state index contributed by atoms with van der Waals surface area (Å²) < 4.78 is 0. The lowest BCUT2D eigenvalue weighted by atomic mass is 9.91. The highest BCUT2D eigenvalue weighted by Gasteiger charge is 2.23. The number of hydrogen-bond donors (Lipinski definition) is 0. The van der Waals surface area contributed by atoms with Crippen molar-refractivity contribution in [1.82, 2.24) is 24.9 Å². The second-order valence-corrected chi connectivity index (χ2v) is 13.5. The summed E-state index contributed by atoms with van der Waals surface area (Å²) in [6.07, 6.45) is 0. The van der Waals surface area contributed by atoms with E-state index < -0.39 is 0 Å². The van der Waals surface area contributed by atoms with Crippen LogP contribution < -0.4 is 0 Å². The van der Waals surface area contributed by atoms with Gasteiger partial charge in [-0.15, -0.1) is 0 Å². The predicted molar refractivity (Wildman–Crippen MR) is 225 cm³/mol. The molecule has 0 radical (unpaired) electrons. The molecule has 6 nitrogen and oxygen atoms in total. The van der Waals surface area contributed by atoms with Gasteiger partial charge in [0, 0.05) is 49.5 Å². The van der Waals surface area contributed by atoms with E-state index >= 15 is 0 Å². The second kappa shape index (κ2) is 13.8. The summed E-state index contributed by atoms with van der Waals surface area (Å²) >= 11 is 0. The fourth-order valence-corrected chi connectivity index (χ4v) is 7.51. The van der Waals surface area contributed by atoms with E-state index in [1.54, 1.807) is 0 Å². The number of fused-ring (bicyclic) bond motifs is 5. The molecule has 3 aromatic heterocycles. The van der Waals surface area contributed by atoms with Gasteiger partial charge in [0.15, 0.2) is 5.82 Å². The second-order valence-electron chi connectivity index (χ2n) is 13.5. The predicted octanol–water partition coefficient (Wildman–Crippen LogP) is 12.0. The fraction of sp³-hybridized carbons (Fsp3) is 0. The molecular formula is C50H30N6. The molecule has 10 aromatic rings. The Hall–Kier alpha value is -7.88. The van der Waals surface area contributed by atoms with E-state index in [2.05, 4.69) is 48.5 Å². The first-order valence-electron chi connectivity index (χ1n) is 18.4. The van der Waals surface area contributed by atoms with Crippen LogP contribution in [0.3, 0.4) is 0 Å². The average Bonchev–Trinajstić information content (AvgIpc) is 3.29. The quantitative estimate of drug-likeness (QED) is 0.159. The zero-order valence-corrected chi connectivity index (χ0v) is 30.0. The van der Waals surface area contributed by atoms with Crippen molar-refractivity contribution in [3.63, 3.8) is 0 Å². The molecule has 0 spiro atoms. The van der Waals surface area contributed by atoms with Crippen LogP contribution >= 0.6 is 0 Å². The molecule has 0 saturated heterocycles. The molecule has 0 unspecified atom stereocenters. The Morgan fingerprint density at radius 2 is 0.893 bits per heavy atom. The number of pyridine rings is 1. The van der Waals surface area contributed by atoms with E-state index in [-0.39, 0.29) is 0 Å². The van der Waals surface area contributed by atoms with Gasteiger partial charge in [-0.1, -0.05) is 164 Å². The van der Waals surface area contributed by atoms with Gasteiger partial charge >= 0.3 is 0 Å². The summed E-state index contributed by atoms with van der Waals surface area (Å²) in [7, 11) is 0. The molecule has 56 heavy (non-hydrogen) atoms. The number of rotatable bonds is 6. The van der Waals surface area contributed by atoms with Crippen LogP contribution in [0.2, 0.25) is 0 Å². The highest BCUT2D eigenvalue weighted by Crippen LogP contribution is 2.43. The van der Waals surface area contributed by atoms with Gasteiger partial charge in [0.05, 0.1) is 56.7 Å². The minimum Gasteiger partial charge on any atom is -0.247 e. The van der Waals surface area contributed by atoms with E-state index in [1.807, 2.05) is 140 Å². The Balaban J connectivity index is 1.29. The smallest absolute Gasteiger partial charge is 0.160 e. The van der Waals surface area contributed by atoms with Crippen LogP contribution in [0.25, 0.3) is 100 Å². The Morgan fingerprint density at radius 3 is 1.55 bits per heavy atom. The van der Waals surface area contributed by atoms with E-state index in [4.69, 9.17) is 24.9 Å². The van der Waals surface area contributed by atoms with E-state index in [1.165, 1.54) is 0 Å². The fourth-order valence-electron chi connectivity index (χ4n) is 7.51. The van der Waals surface area contributed by atoms with Crippen molar-refractivity contribution in [2.45, 2.75) is 0 Å². The van der Waals surface area contributed by atoms with Crippen molar-refractivity contribution in [1.29, 1.82) is 5.26 Å². The SMILES string of the molecule is N#Cc1cc2nc(-c3ccccc3)c(-c3ccccc3)nc2c2c1c(-c1ccccc1-c1cc(-c3ccccc3)nc(-c3ccccc3)n1)nc1ccccc12. The molecule has 0 atom stereocenters. The topological polar surface area (TPSA) is 88.2 Å². The summed E-state index contributed by atoms with van der Waals surface area (Å²) in [6, 6.07) is 63.0. The normalized spacial score (nSPS) is 11.2. The van der Waals surface area contributed by atoms with Crippen LogP contribution in [-0.4, -0.2) is 24.9 Å². The standard InChI is InChI=1S/C50H30N6/c51-31-36-29-43-49(56-47(34-21-9-3-10-22-34)46(53-43)33-19-7-2-8-20-33)45-39-27-15-16-28-40(39)52-48(44(36)45)38-26-14-13-25-37(38)42-30-41(32-17-5-1-6-18-32)54-50(55-42)35-23-11-4-12-24-35/h1-30H. The number of nitrogens with zero attached hydrogens (tertiary/aromatic N) is 6. The van der Waals surface area contributed by atoms with Gasteiger partial charge < -0.3 is 0 Å². The lowest BCUT2D eigenvalue weighted by molar-refractivity contribution is 1.18. The van der Waals surface area contributed by atoms with Crippen molar-refractivity contribution >= 4 is 32.7 Å². The molecule has 7 aromatic carbocycles. The molecule has 6 heteroatoms. The van der Waals surface area contributed by atoms with Crippen LogP contribution in [0.5, 0.6) is 0 Å². The Bertz CT molecular complexity index is 3070. The van der Waals surface area contributed by atoms with E-state index in [0.717, 1.165) is 72.4 Å². The summed E-state index contributed by atoms with van der Waals surface area (Å²) in [4.78, 5) is 26.3. The number of aromatic nitrogens is 5. The highest BCUT2D eigenvalue weighted by molar-refractivity contribution is 6.23. The first-order valence-corrected chi connectivity index (χ1v) is 18.4. The van der Waals surface area contributed by atoms with Crippen molar-refractivity contribution in [2.75, 3.05) is 0 Å². The van der Waals surface area contributed by atoms with Crippen LogP contribution in [0.15, 0.2) is 182 Å². The molecule has 0 fully saturated rings. The Kier molecular flexibility index (Phi) is 8.09. The van der Waals surface area contributed by atoms with Crippen LogP contribution in [0.4, 0.5) is 0 Å². The zero-order valence-electron chi connectivity index (χ0n) is 30.0. The largest absolute Gasteiger partial charge is 0.247 e. The third-order valence-corrected chi connectivity index (χ3v) is 10.1. The maximum Gasteiger partial charge on any atom is 0.160 e. The summed E-state index contributed by atoms with van der Waals surface area (Å²) in [5.41, 5.74) is 11.8. The molecule has 260 valence electrons. The molecule has 0 saturated carbocycles. The lowest BCUT2D eigenvalue weighted by Gasteiger charge is -2.17. The minimum atomic E-state index is 0.467. The van der Waals surface area contributed by atoms with Gasteiger partial charge in [-0.25, -0.2) is 24.9 Å². The van der Waals surface area contributed by atoms with Crippen LogP contribution in [0, 0.1) is 11.3 Å². The van der Waals surface area contributed by atoms with Gasteiger partial charge in [0.1, 0.15) is 0 Å². The number of nitriles is 1. The molecule has 3 heterocycles. The molecule has 0 bridgehead atoms. The molecule has 0 aliphatic heterocycles. The van der Waals surface area contributed by atoms with E-state index in [0.29, 0.717) is 33.5 Å². The van der Waals surface area contributed by atoms with Gasteiger partial charge in [0.2, 0.25) is 0 Å². The van der Waals surface area contributed by atoms with Gasteiger partial charge in [0.25, 0.3) is 0 Å². The number of benzene rings is 7. The monoisotopic (exact) mass is 714 g/mol. The summed E-state index contributed by atoms with van der Waals surface area (Å²) in [6.45, 7) is 0. The van der Waals surface area contributed by atoms with Crippen molar-refractivity contribution in [2.24, 2.45) is 0 Å². The van der Waals surface area contributed by atoms with Crippen molar-refractivity contribution in [3.8, 4) is 73.7 Å². The third kappa shape index (κ3) is 5.72. The average molecular weight is 715 g/mol. The minimum absolute atomic E-state index is 0.467. The molecule has 0 N–H and O–H groups in total. The van der Waals surface area contributed by atoms with Crippen molar-refractivity contribution in [3.05, 3.63) is 188 Å². The maximum absolute atomic E-state index is 10.9. The molecule has 0 aliphatic rings. The molecular weight excluding hydrogens is 685 g/mol. The third-order valence-electron chi connectivity index (χ3n) is 10.1. The van der Waals surface area contributed by atoms with Gasteiger partial charge in [-0.3, -0.25) is 0 Å². The first-order chi connectivity index (χ1) is 27.7.